The van der Waals surface area contributed by atoms with E-state index in [1.165, 1.54) is 0 Å². The molecule has 0 radical (unpaired) electrons. The van der Waals surface area contributed by atoms with Crippen molar-refractivity contribution in [3.8, 4) is 5.75 Å². The highest BCUT2D eigenvalue weighted by Gasteiger charge is 2.24. The van der Waals surface area contributed by atoms with E-state index in [9.17, 15) is 14.7 Å². The van der Waals surface area contributed by atoms with Crippen molar-refractivity contribution in [2.45, 2.75) is 27.3 Å². The topological polar surface area (TPSA) is 90.7 Å². The number of piperazine rings is 1. The van der Waals surface area contributed by atoms with E-state index in [2.05, 4.69) is 27.1 Å². The number of hydrogen-bond acceptors (Lipinski definition) is 6. The van der Waals surface area contributed by atoms with E-state index >= 15 is 0 Å². The van der Waals surface area contributed by atoms with Gasteiger partial charge in [-0.15, -0.1) is 0 Å². The maximum atomic E-state index is 13.4. The number of amides is 1. The number of aromatic nitrogens is 2. The normalized spacial score (nSPS) is 14.8. The van der Waals surface area contributed by atoms with Gasteiger partial charge in [0.25, 0.3) is 11.5 Å². The van der Waals surface area contributed by atoms with Crippen LogP contribution in [-0.2, 0) is 6.54 Å². The molecule has 8 heteroatoms. The highest BCUT2D eigenvalue weighted by atomic mass is 16.3. The standard InChI is InChI=1S/C25H31N5O3/c1-16(2)15-30-20-8-7-18(29-12-10-28(4)11-13-29)14-19(20)22(31)21(25(30)33)24(32)27-23-17(3)6-5-9-26-23/h5-9,14,16,31H,10-13,15H2,1-4H3,(H,26,27,32). The number of rotatable bonds is 5. The Morgan fingerprint density at radius 2 is 1.91 bits per heavy atom. The minimum absolute atomic E-state index is 0.182. The lowest BCUT2D eigenvalue weighted by Gasteiger charge is -2.34. The molecule has 1 saturated heterocycles. The van der Waals surface area contributed by atoms with Gasteiger partial charge in [0.15, 0.2) is 0 Å². The molecule has 2 aromatic heterocycles. The average molecular weight is 450 g/mol. The second kappa shape index (κ2) is 9.23. The lowest BCUT2D eigenvalue weighted by molar-refractivity contribution is 0.102. The van der Waals surface area contributed by atoms with Gasteiger partial charge in [0, 0.05) is 50.0 Å². The van der Waals surface area contributed by atoms with Crippen LogP contribution >= 0.6 is 0 Å². The minimum Gasteiger partial charge on any atom is -0.506 e. The largest absolute Gasteiger partial charge is 0.506 e. The molecular formula is C25H31N5O3. The van der Waals surface area contributed by atoms with E-state index in [1.54, 1.807) is 16.8 Å². The summed E-state index contributed by atoms with van der Waals surface area (Å²) in [5.41, 5.74) is 1.59. The van der Waals surface area contributed by atoms with Gasteiger partial charge < -0.3 is 24.8 Å². The Morgan fingerprint density at radius 1 is 1.18 bits per heavy atom. The number of anilines is 2. The van der Waals surface area contributed by atoms with Gasteiger partial charge in [-0.05, 0) is 49.7 Å². The zero-order valence-corrected chi connectivity index (χ0v) is 19.6. The van der Waals surface area contributed by atoms with E-state index in [4.69, 9.17) is 0 Å². The summed E-state index contributed by atoms with van der Waals surface area (Å²) in [5, 5.41) is 14.3. The maximum absolute atomic E-state index is 13.4. The number of aryl methyl sites for hydroxylation is 1. The van der Waals surface area contributed by atoms with Crippen LogP contribution in [0.15, 0.2) is 41.3 Å². The van der Waals surface area contributed by atoms with Crippen molar-refractivity contribution >= 4 is 28.3 Å². The number of hydrogen-bond donors (Lipinski definition) is 2. The molecule has 174 valence electrons. The van der Waals surface area contributed by atoms with Gasteiger partial charge in [0.05, 0.1) is 5.52 Å². The van der Waals surface area contributed by atoms with E-state index in [0.717, 1.165) is 37.4 Å². The lowest BCUT2D eigenvalue weighted by Crippen LogP contribution is -2.44. The molecule has 1 aromatic carbocycles. The van der Waals surface area contributed by atoms with Crippen LogP contribution < -0.4 is 15.8 Å². The molecule has 2 N–H and O–H groups in total. The third-order valence-corrected chi connectivity index (χ3v) is 6.11. The summed E-state index contributed by atoms with van der Waals surface area (Å²) in [7, 11) is 2.10. The number of nitrogens with one attached hydrogen (secondary N) is 1. The first-order chi connectivity index (χ1) is 15.8. The number of carbonyl (C=O) groups excluding carboxylic acids is 1. The van der Waals surface area contributed by atoms with Crippen LogP contribution in [0.4, 0.5) is 11.5 Å². The Labute approximate surface area is 193 Å². The molecule has 0 spiro atoms. The fourth-order valence-corrected chi connectivity index (χ4v) is 4.23. The van der Waals surface area contributed by atoms with Crippen molar-refractivity contribution in [1.82, 2.24) is 14.5 Å². The van der Waals surface area contributed by atoms with Gasteiger partial charge in [-0.2, -0.15) is 0 Å². The van der Waals surface area contributed by atoms with Gasteiger partial charge in [0.2, 0.25) is 0 Å². The van der Waals surface area contributed by atoms with Crippen LogP contribution in [0.3, 0.4) is 0 Å². The molecule has 0 atom stereocenters. The van der Waals surface area contributed by atoms with Crippen molar-refractivity contribution < 1.29 is 9.90 Å². The van der Waals surface area contributed by atoms with Crippen molar-refractivity contribution in [2.75, 3.05) is 43.4 Å². The van der Waals surface area contributed by atoms with Gasteiger partial charge >= 0.3 is 0 Å². The Kier molecular flexibility index (Phi) is 6.37. The third-order valence-electron chi connectivity index (χ3n) is 6.11. The number of likely N-dealkylation sites (N-methyl/N-ethyl adjacent to an activating group) is 1. The van der Waals surface area contributed by atoms with Crippen LogP contribution in [0.25, 0.3) is 10.9 Å². The predicted octanol–water partition coefficient (Wildman–Crippen LogP) is 3.07. The highest BCUT2D eigenvalue weighted by molar-refractivity contribution is 6.09. The van der Waals surface area contributed by atoms with Gasteiger partial charge in [-0.1, -0.05) is 19.9 Å². The Morgan fingerprint density at radius 3 is 2.58 bits per heavy atom. The molecule has 0 unspecified atom stereocenters. The number of pyridine rings is 2. The Balaban J connectivity index is 1.83. The summed E-state index contributed by atoms with van der Waals surface area (Å²) in [4.78, 5) is 35.3. The molecule has 0 saturated carbocycles. The molecule has 33 heavy (non-hydrogen) atoms. The molecule has 3 aromatic rings. The van der Waals surface area contributed by atoms with E-state index in [0.29, 0.717) is 23.3 Å². The minimum atomic E-state index is -0.663. The summed E-state index contributed by atoms with van der Waals surface area (Å²) in [6.07, 6.45) is 1.57. The number of benzene rings is 1. The summed E-state index contributed by atoms with van der Waals surface area (Å²) in [6, 6.07) is 9.34. The third kappa shape index (κ3) is 4.57. The Bertz CT molecular complexity index is 1240. The van der Waals surface area contributed by atoms with E-state index < -0.39 is 11.5 Å². The van der Waals surface area contributed by atoms with Crippen LogP contribution in [0.5, 0.6) is 5.75 Å². The fraction of sp³-hybridized carbons (Fsp3) is 0.400. The van der Waals surface area contributed by atoms with Gasteiger partial charge in [0.1, 0.15) is 17.1 Å². The first kappa shape index (κ1) is 22.8. The zero-order valence-electron chi connectivity index (χ0n) is 19.6. The number of fused-ring (bicyclic) bond motifs is 1. The molecule has 8 nitrogen and oxygen atoms in total. The molecule has 3 heterocycles. The summed E-state index contributed by atoms with van der Waals surface area (Å²) in [6.45, 7) is 9.94. The monoisotopic (exact) mass is 449 g/mol. The smallest absolute Gasteiger partial charge is 0.267 e. The maximum Gasteiger partial charge on any atom is 0.267 e. The summed E-state index contributed by atoms with van der Waals surface area (Å²) in [5.74, 6) is -0.412. The van der Waals surface area contributed by atoms with Crippen LogP contribution in [0.1, 0.15) is 29.8 Å². The number of nitrogens with zero attached hydrogens (tertiary/aromatic N) is 4. The second-order valence-electron chi connectivity index (χ2n) is 9.15. The molecule has 4 rings (SSSR count). The summed E-state index contributed by atoms with van der Waals surface area (Å²) < 4.78 is 1.59. The zero-order chi connectivity index (χ0) is 23.7. The lowest BCUT2D eigenvalue weighted by atomic mass is 10.1. The number of aromatic hydroxyl groups is 1. The average Bonchev–Trinajstić information content (AvgIpc) is 2.78. The predicted molar refractivity (Wildman–Crippen MR) is 131 cm³/mol. The highest BCUT2D eigenvalue weighted by Crippen LogP contribution is 2.31. The van der Waals surface area contributed by atoms with Crippen molar-refractivity contribution in [1.29, 1.82) is 0 Å². The van der Waals surface area contributed by atoms with Crippen molar-refractivity contribution in [3.63, 3.8) is 0 Å². The van der Waals surface area contributed by atoms with Crippen molar-refractivity contribution in [2.24, 2.45) is 5.92 Å². The molecule has 1 aliphatic rings. The van der Waals surface area contributed by atoms with Gasteiger partial charge in [-0.3, -0.25) is 9.59 Å². The SMILES string of the molecule is Cc1cccnc1NC(=O)c1c(O)c2cc(N3CCN(C)CC3)ccc2n(CC(C)C)c1=O. The van der Waals surface area contributed by atoms with Crippen LogP contribution in [0, 0.1) is 12.8 Å². The van der Waals surface area contributed by atoms with E-state index in [-0.39, 0.29) is 17.2 Å². The number of carbonyl (C=O) groups is 1. The summed E-state index contributed by atoms with van der Waals surface area (Å²) >= 11 is 0. The first-order valence-corrected chi connectivity index (χ1v) is 11.3. The van der Waals surface area contributed by atoms with Crippen molar-refractivity contribution in [3.05, 3.63) is 58.0 Å². The fourth-order valence-electron chi connectivity index (χ4n) is 4.23. The van der Waals surface area contributed by atoms with E-state index in [1.807, 2.05) is 45.0 Å². The van der Waals surface area contributed by atoms with Crippen LogP contribution in [-0.4, -0.2) is 58.7 Å². The molecule has 1 fully saturated rings. The van der Waals surface area contributed by atoms with Crippen LogP contribution in [0.2, 0.25) is 0 Å². The molecule has 1 aliphatic heterocycles. The quantitative estimate of drug-likeness (QED) is 0.622. The van der Waals surface area contributed by atoms with Gasteiger partial charge in [-0.25, -0.2) is 4.98 Å². The molecule has 0 aliphatic carbocycles. The molecule has 1 amide bonds. The molecular weight excluding hydrogens is 418 g/mol. The molecule has 0 bridgehead atoms. The second-order valence-corrected chi connectivity index (χ2v) is 9.15. The Hall–Kier alpha value is -3.39. The first-order valence-electron chi connectivity index (χ1n) is 11.3.